The summed E-state index contributed by atoms with van der Waals surface area (Å²) in [7, 11) is 0. The van der Waals surface area contributed by atoms with Gasteiger partial charge in [-0.2, -0.15) is 0 Å². The van der Waals surface area contributed by atoms with E-state index in [1.54, 1.807) is 6.08 Å². The summed E-state index contributed by atoms with van der Waals surface area (Å²) in [5, 5.41) is 8.33. The number of hydrogen-bond donors (Lipinski definition) is 1. The second kappa shape index (κ2) is 11.0. The van der Waals surface area contributed by atoms with E-state index in [1.165, 1.54) is 25.7 Å². The smallest absolute Gasteiger partial charge is 0.0754 e. The van der Waals surface area contributed by atoms with Crippen LogP contribution < -0.4 is 0 Å². The van der Waals surface area contributed by atoms with Crippen molar-refractivity contribution in [1.29, 1.82) is 0 Å². The molecular weight excluding hydrogens is 160 g/mol. The van der Waals surface area contributed by atoms with Crippen LogP contribution in [0.15, 0.2) is 36.6 Å². The quantitative estimate of drug-likeness (QED) is 0.354. The number of hydrogen-bond acceptors (Lipinski definition) is 1. The van der Waals surface area contributed by atoms with Crippen LogP contribution in [0.5, 0.6) is 0 Å². The van der Waals surface area contributed by atoms with Crippen LogP contribution in [0.2, 0.25) is 0 Å². The monoisotopic (exact) mass is 180 g/mol. The molecule has 1 nitrogen and oxygen atoms in total. The van der Waals surface area contributed by atoms with E-state index < -0.39 is 0 Å². The number of aliphatic hydroxyl groups is 1. The topological polar surface area (TPSA) is 20.2 Å². The molecule has 0 radical (unpaired) electrons. The average molecular weight is 180 g/mol. The lowest BCUT2D eigenvalue weighted by molar-refractivity contribution is 0.471. The fourth-order valence-electron chi connectivity index (χ4n) is 0.984. The Bertz CT molecular complexity index is 166. The van der Waals surface area contributed by atoms with Crippen LogP contribution in [0.1, 0.15) is 39.0 Å². The van der Waals surface area contributed by atoms with E-state index >= 15 is 0 Å². The minimum atomic E-state index is 0.801. The SMILES string of the molecule is CCCCCC=CC=CCC=CO. The highest BCUT2D eigenvalue weighted by atomic mass is 16.2. The third-order valence-corrected chi connectivity index (χ3v) is 1.74. The first kappa shape index (κ1) is 12.0. The Balaban J connectivity index is 3.24. The van der Waals surface area contributed by atoms with E-state index in [9.17, 15) is 0 Å². The molecule has 0 saturated heterocycles. The molecule has 0 aromatic carbocycles. The van der Waals surface area contributed by atoms with Gasteiger partial charge in [0.05, 0.1) is 6.26 Å². The molecule has 74 valence electrons. The van der Waals surface area contributed by atoms with Crippen LogP contribution in [0.4, 0.5) is 0 Å². The molecule has 0 saturated carbocycles. The molecule has 0 spiro atoms. The molecule has 13 heavy (non-hydrogen) atoms. The van der Waals surface area contributed by atoms with E-state index in [0.717, 1.165) is 12.7 Å². The molecule has 0 aliphatic heterocycles. The molecule has 0 unspecified atom stereocenters. The molecule has 0 aliphatic carbocycles. The molecule has 0 aromatic rings. The van der Waals surface area contributed by atoms with Gasteiger partial charge in [-0.25, -0.2) is 0 Å². The van der Waals surface area contributed by atoms with Gasteiger partial charge in [-0.15, -0.1) is 0 Å². The van der Waals surface area contributed by atoms with Gasteiger partial charge in [0.25, 0.3) is 0 Å². The number of allylic oxidation sites excluding steroid dienone is 5. The van der Waals surface area contributed by atoms with Crippen molar-refractivity contribution in [2.24, 2.45) is 0 Å². The minimum absolute atomic E-state index is 0.801. The highest BCUT2D eigenvalue weighted by Crippen LogP contribution is 1.99. The molecule has 0 fully saturated rings. The van der Waals surface area contributed by atoms with E-state index in [-0.39, 0.29) is 0 Å². The summed E-state index contributed by atoms with van der Waals surface area (Å²) < 4.78 is 0. The van der Waals surface area contributed by atoms with Crippen LogP contribution in [0, 0.1) is 0 Å². The predicted molar refractivity (Wildman–Crippen MR) is 58.8 cm³/mol. The van der Waals surface area contributed by atoms with E-state index in [2.05, 4.69) is 19.1 Å². The van der Waals surface area contributed by atoms with Crippen molar-refractivity contribution >= 4 is 0 Å². The molecule has 0 aliphatic rings. The van der Waals surface area contributed by atoms with Gasteiger partial charge in [0.15, 0.2) is 0 Å². The molecule has 1 heteroatoms. The highest BCUT2D eigenvalue weighted by molar-refractivity contribution is 5.04. The van der Waals surface area contributed by atoms with Gasteiger partial charge in [0.2, 0.25) is 0 Å². The number of unbranched alkanes of at least 4 members (excludes halogenated alkanes) is 3. The molecule has 0 heterocycles. The maximum Gasteiger partial charge on any atom is 0.0754 e. The summed E-state index contributed by atoms with van der Waals surface area (Å²) in [5.74, 6) is 0. The van der Waals surface area contributed by atoms with Crippen LogP contribution in [0.3, 0.4) is 0 Å². The lowest BCUT2D eigenvalue weighted by Gasteiger charge is -1.89. The molecule has 0 aromatic heterocycles. The van der Waals surface area contributed by atoms with Gasteiger partial charge in [0, 0.05) is 0 Å². The van der Waals surface area contributed by atoms with Gasteiger partial charge < -0.3 is 5.11 Å². The zero-order chi connectivity index (χ0) is 9.78. The summed E-state index contributed by atoms with van der Waals surface area (Å²) in [6.07, 6.45) is 17.0. The van der Waals surface area contributed by atoms with Crippen molar-refractivity contribution in [1.82, 2.24) is 0 Å². The van der Waals surface area contributed by atoms with Crippen molar-refractivity contribution in [3.8, 4) is 0 Å². The van der Waals surface area contributed by atoms with E-state index in [4.69, 9.17) is 5.11 Å². The Kier molecular flexibility index (Phi) is 10.2. The molecular formula is C12H20O. The van der Waals surface area contributed by atoms with E-state index in [1.807, 2.05) is 12.2 Å². The first-order valence-electron chi connectivity index (χ1n) is 5.02. The highest BCUT2D eigenvalue weighted by Gasteiger charge is 1.79. The Morgan fingerprint density at radius 3 is 2.46 bits per heavy atom. The van der Waals surface area contributed by atoms with Crippen molar-refractivity contribution < 1.29 is 5.11 Å². The van der Waals surface area contributed by atoms with Crippen molar-refractivity contribution in [3.63, 3.8) is 0 Å². The third kappa shape index (κ3) is 11.0. The molecule has 0 bridgehead atoms. The summed E-state index contributed by atoms with van der Waals surface area (Å²) in [5.41, 5.74) is 0. The van der Waals surface area contributed by atoms with Crippen LogP contribution >= 0.6 is 0 Å². The zero-order valence-electron chi connectivity index (χ0n) is 8.45. The summed E-state index contributed by atoms with van der Waals surface area (Å²) >= 11 is 0. The summed E-state index contributed by atoms with van der Waals surface area (Å²) in [6, 6.07) is 0. The van der Waals surface area contributed by atoms with Crippen LogP contribution in [-0.2, 0) is 0 Å². The minimum Gasteiger partial charge on any atom is -0.516 e. The Morgan fingerprint density at radius 1 is 1.00 bits per heavy atom. The Morgan fingerprint density at radius 2 is 1.77 bits per heavy atom. The first-order chi connectivity index (χ1) is 6.41. The lowest BCUT2D eigenvalue weighted by Crippen LogP contribution is -1.69. The Labute approximate surface area is 81.5 Å². The Hall–Kier alpha value is -0.980. The van der Waals surface area contributed by atoms with Gasteiger partial charge in [0.1, 0.15) is 0 Å². The predicted octanol–water partition coefficient (Wildman–Crippen LogP) is 4.14. The standard InChI is InChI=1S/C12H20O/c1-2-3-4-5-6-7-8-9-10-11-12-13/h6-9,11-13H,2-5,10H2,1H3. The number of aliphatic hydroxyl groups excluding tert-OH is 1. The average Bonchev–Trinajstić information content (AvgIpc) is 2.16. The lowest BCUT2D eigenvalue weighted by atomic mass is 10.2. The zero-order valence-corrected chi connectivity index (χ0v) is 8.45. The molecule has 0 atom stereocenters. The van der Waals surface area contributed by atoms with Gasteiger partial charge >= 0.3 is 0 Å². The van der Waals surface area contributed by atoms with Gasteiger partial charge in [-0.05, 0) is 25.3 Å². The van der Waals surface area contributed by atoms with Gasteiger partial charge in [-0.3, -0.25) is 0 Å². The van der Waals surface area contributed by atoms with Crippen LogP contribution in [0.25, 0.3) is 0 Å². The second-order valence-electron chi connectivity index (χ2n) is 2.97. The third-order valence-electron chi connectivity index (χ3n) is 1.74. The first-order valence-corrected chi connectivity index (χ1v) is 5.02. The van der Waals surface area contributed by atoms with Crippen molar-refractivity contribution in [2.45, 2.75) is 39.0 Å². The number of rotatable bonds is 7. The molecule has 0 rings (SSSR count). The molecule has 1 N–H and O–H groups in total. The maximum absolute atomic E-state index is 8.33. The van der Waals surface area contributed by atoms with E-state index in [0.29, 0.717) is 0 Å². The van der Waals surface area contributed by atoms with Crippen molar-refractivity contribution in [2.75, 3.05) is 0 Å². The van der Waals surface area contributed by atoms with Crippen LogP contribution in [-0.4, -0.2) is 5.11 Å². The molecule has 0 amide bonds. The largest absolute Gasteiger partial charge is 0.516 e. The maximum atomic E-state index is 8.33. The normalized spacial score (nSPS) is 12.4. The summed E-state index contributed by atoms with van der Waals surface area (Å²) in [6.45, 7) is 2.21. The van der Waals surface area contributed by atoms with Crippen molar-refractivity contribution in [3.05, 3.63) is 36.6 Å². The second-order valence-corrected chi connectivity index (χ2v) is 2.97. The summed E-state index contributed by atoms with van der Waals surface area (Å²) in [4.78, 5) is 0. The fraction of sp³-hybridized carbons (Fsp3) is 0.500. The fourth-order valence-corrected chi connectivity index (χ4v) is 0.984. The van der Waals surface area contributed by atoms with Gasteiger partial charge in [-0.1, -0.05) is 44.1 Å².